The largest absolute Gasteiger partial charge is 0.377 e. The Bertz CT molecular complexity index is 213. The summed E-state index contributed by atoms with van der Waals surface area (Å²) >= 11 is 0. The van der Waals surface area contributed by atoms with E-state index in [0.717, 1.165) is 6.42 Å². The summed E-state index contributed by atoms with van der Waals surface area (Å²) < 4.78 is 5.48. The average molecular weight is 180 g/mol. The zero-order valence-corrected chi connectivity index (χ0v) is 8.97. The van der Waals surface area contributed by atoms with Gasteiger partial charge in [0.25, 0.3) is 0 Å². The van der Waals surface area contributed by atoms with Crippen molar-refractivity contribution in [3.8, 4) is 0 Å². The van der Waals surface area contributed by atoms with Crippen LogP contribution in [0.15, 0.2) is 23.3 Å². The fourth-order valence-corrected chi connectivity index (χ4v) is 2.13. The third-order valence-corrected chi connectivity index (χ3v) is 2.75. The second-order valence-electron chi connectivity index (χ2n) is 3.52. The molecular formula is C12H20O. The summed E-state index contributed by atoms with van der Waals surface area (Å²) in [4.78, 5) is 0. The van der Waals surface area contributed by atoms with Crippen molar-refractivity contribution in [3.05, 3.63) is 23.3 Å². The van der Waals surface area contributed by atoms with Crippen LogP contribution < -0.4 is 0 Å². The lowest BCUT2D eigenvalue weighted by Crippen LogP contribution is -2.19. The number of hydrogen-bond acceptors (Lipinski definition) is 1. The van der Waals surface area contributed by atoms with Gasteiger partial charge in [-0.05, 0) is 43.8 Å². The highest BCUT2D eigenvalue weighted by molar-refractivity contribution is 5.30. The molecule has 0 saturated carbocycles. The quantitative estimate of drug-likeness (QED) is 0.646. The highest BCUT2D eigenvalue weighted by Gasteiger charge is 2.19. The molecule has 0 saturated heterocycles. The Morgan fingerprint density at radius 2 is 2.31 bits per heavy atom. The minimum atomic E-state index is 0.380. The molecule has 0 bridgehead atoms. The fraction of sp³-hybridized carbons (Fsp3) is 0.667. The Balaban J connectivity index is 2.87. The molecule has 1 rings (SSSR count). The fourth-order valence-electron chi connectivity index (χ4n) is 2.13. The van der Waals surface area contributed by atoms with Crippen molar-refractivity contribution >= 4 is 0 Å². The summed E-state index contributed by atoms with van der Waals surface area (Å²) in [6.07, 6.45) is 9.56. The van der Waals surface area contributed by atoms with Crippen LogP contribution in [0.2, 0.25) is 0 Å². The Labute approximate surface area is 81.5 Å². The third-order valence-electron chi connectivity index (χ3n) is 2.75. The average Bonchev–Trinajstić information content (AvgIpc) is 2.18. The predicted octanol–water partition coefficient (Wildman–Crippen LogP) is 3.47. The molecule has 0 aromatic rings. The molecule has 0 radical (unpaired) electrons. The molecule has 0 aromatic heterocycles. The smallest absolute Gasteiger partial charge is 0.0786 e. The predicted molar refractivity (Wildman–Crippen MR) is 56.8 cm³/mol. The lowest BCUT2D eigenvalue weighted by Gasteiger charge is -2.25. The molecule has 0 aliphatic heterocycles. The lowest BCUT2D eigenvalue weighted by molar-refractivity contribution is 0.114. The molecule has 1 unspecified atom stereocenters. The first-order valence-electron chi connectivity index (χ1n) is 5.20. The van der Waals surface area contributed by atoms with Gasteiger partial charge in [-0.2, -0.15) is 0 Å². The van der Waals surface area contributed by atoms with E-state index >= 15 is 0 Å². The second kappa shape index (κ2) is 5.23. The van der Waals surface area contributed by atoms with Crippen LogP contribution in [0.3, 0.4) is 0 Å². The van der Waals surface area contributed by atoms with Crippen molar-refractivity contribution in [2.75, 3.05) is 7.11 Å². The van der Waals surface area contributed by atoms with Crippen LogP contribution >= 0.6 is 0 Å². The van der Waals surface area contributed by atoms with Crippen LogP contribution in [-0.2, 0) is 4.74 Å². The molecule has 13 heavy (non-hydrogen) atoms. The van der Waals surface area contributed by atoms with Gasteiger partial charge in [-0.15, -0.1) is 0 Å². The monoisotopic (exact) mass is 180 g/mol. The molecule has 0 aromatic carbocycles. The molecule has 0 heterocycles. The van der Waals surface area contributed by atoms with Crippen LogP contribution in [0.1, 0.15) is 39.5 Å². The number of methoxy groups -OCH3 is 1. The summed E-state index contributed by atoms with van der Waals surface area (Å²) in [5, 5.41) is 0. The number of hydrogen-bond donors (Lipinski definition) is 0. The van der Waals surface area contributed by atoms with Crippen molar-refractivity contribution < 1.29 is 4.74 Å². The van der Waals surface area contributed by atoms with Gasteiger partial charge in [0.1, 0.15) is 0 Å². The molecule has 1 atom stereocenters. The maximum atomic E-state index is 5.48. The minimum Gasteiger partial charge on any atom is -0.377 e. The van der Waals surface area contributed by atoms with Crippen molar-refractivity contribution in [1.82, 2.24) is 0 Å². The molecule has 1 nitrogen and oxygen atoms in total. The second-order valence-corrected chi connectivity index (χ2v) is 3.52. The van der Waals surface area contributed by atoms with Crippen molar-refractivity contribution in [2.24, 2.45) is 0 Å². The molecule has 0 N–H and O–H groups in total. The highest BCUT2D eigenvalue weighted by atomic mass is 16.5. The van der Waals surface area contributed by atoms with Gasteiger partial charge < -0.3 is 4.74 Å². The van der Waals surface area contributed by atoms with E-state index in [2.05, 4.69) is 26.0 Å². The van der Waals surface area contributed by atoms with Crippen LogP contribution in [0, 0.1) is 0 Å². The zero-order valence-electron chi connectivity index (χ0n) is 8.97. The third kappa shape index (κ3) is 2.44. The summed E-state index contributed by atoms with van der Waals surface area (Å²) in [5.41, 5.74) is 3.01. The molecule has 1 heteroatoms. The molecule has 0 amide bonds. The minimum absolute atomic E-state index is 0.380. The van der Waals surface area contributed by atoms with E-state index in [4.69, 9.17) is 4.74 Å². The highest BCUT2D eigenvalue weighted by Crippen LogP contribution is 2.29. The van der Waals surface area contributed by atoms with E-state index in [1.807, 2.05) is 7.11 Å². The van der Waals surface area contributed by atoms with E-state index in [9.17, 15) is 0 Å². The Kier molecular flexibility index (Phi) is 4.23. The van der Waals surface area contributed by atoms with Gasteiger partial charge in [-0.3, -0.25) is 0 Å². The van der Waals surface area contributed by atoms with Gasteiger partial charge in [0.05, 0.1) is 6.10 Å². The van der Waals surface area contributed by atoms with Gasteiger partial charge in [-0.25, -0.2) is 0 Å². The first-order valence-corrected chi connectivity index (χ1v) is 5.20. The van der Waals surface area contributed by atoms with Crippen LogP contribution in [0.4, 0.5) is 0 Å². The van der Waals surface area contributed by atoms with Crippen LogP contribution in [0.25, 0.3) is 0 Å². The molecule has 0 spiro atoms. The van der Waals surface area contributed by atoms with Gasteiger partial charge in [-0.1, -0.05) is 19.1 Å². The molecule has 0 fully saturated rings. The summed E-state index contributed by atoms with van der Waals surface area (Å²) in [5.74, 6) is 0. The van der Waals surface area contributed by atoms with Crippen LogP contribution in [-0.4, -0.2) is 13.2 Å². The normalized spacial score (nSPS) is 24.4. The van der Waals surface area contributed by atoms with Gasteiger partial charge >= 0.3 is 0 Å². The van der Waals surface area contributed by atoms with Gasteiger partial charge in [0, 0.05) is 7.11 Å². The molecule has 1 aliphatic carbocycles. The van der Waals surface area contributed by atoms with E-state index in [1.165, 1.54) is 30.4 Å². The summed E-state index contributed by atoms with van der Waals surface area (Å²) in [6.45, 7) is 4.30. The molecule has 1 aliphatic rings. The standard InChI is InChI=1S/C12H20O/c1-4-7-10-8-6-9-12(13-3)11(10)5-2/h4,7,12H,5-6,8-9H2,1-3H3. The maximum absolute atomic E-state index is 5.48. The molecular weight excluding hydrogens is 160 g/mol. The van der Waals surface area contributed by atoms with E-state index in [-0.39, 0.29) is 0 Å². The topological polar surface area (TPSA) is 9.23 Å². The van der Waals surface area contributed by atoms with E-state index < -0.39 is 0 Å². The Morgan fingerprint density at radius 1 is 1.54 bits per heavy atom. The lowest BCUT2D eigenvalue weighted by atomic mass is 9.87. The number of rotatable bonds is 3. The summed E-state index contributed by atoms with van der Waals surface area (Å²) in [7, 11) is 1.82. The Morgan fingerprint density at radius 3 is 2.85 bits per heavy atom. The first kappa shape index (κ1) is 10.5. The SMILES string of the molecule is CC=CC1=C(CC)C(OC)CCC1. The molecule has 74 valence electrons. The zero-order chi connectivity index (χ0) is 9.68. The van der Waals surface area contributed by atoms with E-state index in [1.54, 1.807) is 0 Å². The number of ether oxygens (including phenoxy) is 1. The van der Waals surface area contributed by atoms with Crippen molar-refractivity contribution in [2.45, 2.75) is 45.6 Å². The summed E-state index contributed by atoms with van der Waals surface area (Å²) in [6, 6.07) is 0. The Hall–Kier alpha value is -0.560. The van der Waals surface area contributed by atoms with Crippen molar-refractivity contribution in [1.29, 1.82) is 0 Å². The van der Waals surface area contributed by atoms with E-state index in [0.29, 0.717) is 6.10 Å². The van der Waals surface area contributed by atoms with Crippen LogP contribution in [0.5, 0.6) is 0 Å². The van der Waals surface area contributed by atoms with Crippen molar-refractivity contribution in [3.63, 3.8) is 0 Å². The first-order chi connectivity index (χ1) is 6.33. The number of allylic oxidation sites excluding steroid dienone is 3. The maximum Gasteiger partial charge on any atom is 0.0786 e. The van der Waals surface area contributed by atoms with Gasteiger partial charge in [0.15, 0.2) is 0 Å². The van der Waals surface area contributed by atoms with Gasteiger partial charge in [0.2, 0.25) is 0 Å².